The summed E-state index contributed by atoms with van der Waals surface area (Å²) in [5, 5.41) is 53.6. The molecule has 0 bridgehead atoms. The molecule has 15 atom stereocenters. The Labute approximate surface area is 287 Å². The molecule has 16 nitrogen and oxygen atoms in total. The van der Waals surface area contributed by atoms with Crippen molar-refractivity contribution in [1.82, 2.24) is 0 Å². The molecule has 0 amide bonds. The van der Waals surface area contributed by atoms with Crippen LogP contribution in [0.25, 0.3) is 0 Å². The van der Waals surface area contributed by atoms with Gasteiger partial charge in [0.2, 0.25) is 0 Å². The first kappa shape index (κ1) is 49.5. The van der Waals surface area contributed by atoms with Crippen LogP contribution in [0.15, 0.2) is 0 Å². The molecule has 0 aromatic rings. The number of aliphatic hydroxyl groups excluding tert-OH is 5. The Kier molecular flexibility index (Phi) is 28.9. The molecular weight excluding hydrogens is 640 g/mol. The predicted molar refractivity (Wildman–Crippen MR) is 175 cm³/mol. The molecule has 3 aliphatic heterocycles. The monoisotopic (exact) mass is 708 g/mol. The Hall–Kier alpha value is -0.640. The summed E-state index contributed by atoms with van der Waals surface area (Å²) >= 11 is 0. The van der Waals surface area contributed by atoms with Crippen molar-refractivity contribution in [2.75, 3.05) is 62.5 Å². The Balaban J connectivity index is 0. The van der Waals surface area contributed by atoms with E-state index in [0.29, 0.717) is 0 Å². The van der Waals surface area contributed by atoms with Gasteiger partial charge in [0.25, 0.3) is 0 Å². The van der Waals surface area contributed by atoms with E-state index >= 15 is 0 Å². The summed E-state index contributed by atoms with van der Waals surface area (Å²) in [7, 11) is 8.21. The van der Waals surface area contributed by atoms with Crippen molar-refractivity contribution in [3.8, 4) is 0 Å². The molecule has 0 radical (unpaired) electrons. The van der Waals surface area contributed by atoms with E-state index in [-0.39, 0.29) is 19.8 Å². The summed E-state index contributed by atoms with van der Waals surface area (Å²) in [5.74, 6) is 0. The molecule has 0 aromatic carbocycles. The van der Waals surface area contributed by atoms with Gasteiger partial charge in [-0.25, -0.2) is 0 Å². The number of ether oxygens (including phenoxy) is 11. The standard InChI is InChI=1S/C24H44O16.4C2H6/c1-30-7-10-13(25)14(26)20(34-5)23(37-10)40-18-12(9-32-3)38-24(21(35-6)16(18)28)39-17-11(8-31-2)36-22(29)19(33-4)15(17)27;4*1-2/h10-29H,7-9H2,1-6H3;4*1-2H3. The molecule has 3 saturated heterocycles. The van der Waals surface area contributed by atoms with Crippen LogP contribution in [0.3, 0.4) is 0 Å². The van der Waals surface area contributed by atoms with Crippen molar-refractivity contribution in [2.45, 2.75) is 148 Å². The van der Waals surface area contributed by atoms with E-state index in [9.17, 15) is 25.5 Å². The molecule has 0 spiro atoms. The quantitative estimate of drug-likeness (QED) is 0.176. The molecule has 0 saturated carbocycles. The number of hydrogen-bond acceptors (Lipinski definition) is 16. The zero-order valence-corrected chi connectivity index (χ0v) is 31.5. The van der Waals surface area contributed by atoms with Gasteiger partial charge in [-0.1, -0.05) is 55.4 Å². The van der Waals surface area contributed by atoms with Crippen molar-refractivity contribution in [1.29, 1.82) is 0 Å². The fourth-order valence-corrected chi connectivity index (χ4v) is 5.23. The van der Waals surface area contributed by atoms with Crippen LogP contribution in [0.1, 0.15) is 55.4 Å². The Bertz CT molecular complexity index is 732. The first-order valence-corrected chi connectivity index (χ1v) is 16.9. The van der Waals surface area contributed by atoms with E-state index in [1.165, 1.54) is 42.7 Å². The molecule has 48 heavy (non-hydrogen) atoms. The van der Waals surface area contributed by atoms with Crippen LogP contribution in [0.4, 0.5) is 0 Å². The molecule has 16 heteroatoms. The van der Waals surface area contributed by atoms with Gasteiger partial charge in [-0.2, -0.15) is 0 Å². The lowest BCUT2D eigenvalue weighted by molar-refractivity contribution is -0.381. The second kappa shape index (κ2) is 28.0. The summed E-state index contributed by atoms with van der Waals surface area (Å²) in [5.41, 5.74) is 0. The van der Waals surface area contributed by atoms with E-state index in [4.69, 9.17) is 52.1 Å². The maximum absolute atomic E-state index is 11.4. The van der Waals surface area contributed by atoms with Crippen LogP contribution < -0.4 is 0 Å². The third-order valence-electron chi connectivity index (χ3n) is 7.29. The number of aliphatic hydroxyl groups is 5. The van der Waals surface area contributed by atoms with Crippen LogP contribution in [-0.4, -0.2) is 180 Å². The molecular formula is C32H68O16. The highest BCUT2D eigenvalue weighted by Crippen LogP contribution is 2.34. The van der Waals surface area contributed by atoms with Gasteiger partial charge in [0.05, 0.1) is 19.8 Å². The fraction of sp³-hybridized carbons (Fsp3) is 1.00. The van der Waals surface area contributed by atoms with Crippen molar-refractivity contribution in [3.05, 3.63) is 0 Å². The molecule has 292 valence electrons. The second-order valence-electron chi connectivity index (χ2n) is 9.78. The van der Waals surface area contributed by atoms with E-state index in [1.54, 1.807) is 0 Å². The van der Waals surface area contributed by atoms with E-state index in [0.717, 1.165) is 0 Å². The molecule has 0 aromatic heterocycles. The summed E-state index contributed by atoms with van der Waals surface area (Å²) in [6.45, 7) is 15.9. The summed E-state index contributed by atoms with van der Waals surface area (Å²) in [4.78, 5) is 0. The smallest absolute Gasteiger partial charge is 0.187 e. The highest BCUT2D eigenvalue weighted by molar-refractivity contribution is 4.97. The predicted octanol–water partition coefficient (Wildman–Crippen LogP) is 0.456. The zero-order chi connectivity index (χ0) is 37.6. The third kappa shape index (κ3) is 13.2. The lowest BCUT2D eigenvalue weighted by Gasteiger charge is -2.49. The second-order valence-corrected chi connectivity index (χ2v) is 9.78. The van der Waals surface area contributed by atoms with Gasteiger partial charge >= 0.3 is 0 Å². The molecule has 3 aliphatic rings. The van der Waals surface area contributed by atoms with Crippen LogP contribution in [-0.2, 0) is 52.1 Å². The molecule has 3 rings (SSSR count). The van der Waals surface area contributed by atoms with E-state index in [1.807, 2.05) is 55.4 Å². The minimum Gasteiger partial charge on any atom is -0.387 e. The Morgan fingerprint density at radius 3 is 1.12 bits per heavy atom. The highest BCUT2D eigenvalue weighted by Gasteiger charge is 2.54. The molecule has 5 N–H and O–H groups in total. The highest BCUT2D eigenvalue weighted by atomic mass is 16.8. The van der Waals surface area contributed by atoms with Crippen LogP contribution in [0.2, 0.25) is 0 Å². The maximum Gasteiger partial charge on any atom is 0.187 e. The van der Waals surface area contributed by atoms with Gasteiger partial charge in [0.1, 0.15) is 73.2 Å². The topological polar surface area (TPSA) is 203 Å². The van der Waals surface area contributed by atoms with Crippen molar-refractivity contribution < 1.29 is 77.6 Å². The minimum atomic E-state index is -1.44. The normalized spacial score (nSPS) is 39.2. The van der Waals surface area contributed by atoms with Gasteiger partial charge in [0.15, 0.2) is 18.9 Å². The number of rotatable bonds is 13. The van der Waals surface area contributed by atoms with Crippen molar-refractivity contribution in [2.24, 2.45) is 0 Å². The maximum atomic E-state index is 11.4. The fourth-order valence-electron chi connectivity index (χ4n) is 5.23. The molecule has 3 heterocycles. The minimum absolute atomic E-state index is 0.0381. The Morgan fingerprint density at radius 1 is 0.396 bits per heavy atom. The summed E-state index contributed by atoms with van der Waals surface area (Å²) < 4.78 is 61.3. The molecule has 0 aliphatic carbocycles. The van der Waals surface area contributed by atoms with E-state index in [2.05, 4.69) is 0 Å². The summed E-state index contributed by atoms with van der Waals surface area (Å²) in [6, 6.07) is 0. The average Bonchev–Trinajstić information content (AvgIpc) is 3.11. The van der Waals surface area contributed by atoms with Crippen molar-refractivity contribution in [3.63, 3.8) is 0 Å². The Morgan fingerprint density at radius 2 is 0.729 bits per heavy atom. The van der Waals surface area contributed by atoms with E-state index < -0.39 is 92.1 Å². The number of hydrogen-bond donors (Lipinski definition) is 5. The van der Waals surface area contributed by atoms with Gasteiger partial charge in [0, 0.05) is 42.7 Å². The number of methoxy groups -OCH3 is 6. The van der Waals surface area contributed by atoms with Gasteiger partial charge < -0.3 is 77.6 Å². The van der Waals surface area contributed by atoms with Crippen LogP contribution >= 0.6 is 0 Å². The van der Waals surface area contributed by atoms with Crippen molar-refractivity contribution >= 4 is 0 Å². The van der Waals surface area contributed by atoms with Gasteiger partial charge in [-0.05, 0) is 0 Å². The largest absolute Gasteiger partial charge is 0.387 e. The molecule has 15 unspecified atom stereocenters. The van der Waals surface area contributed by atoms with Gasteiger partial charge in [-0.15, -0.1) is 0 Å². The first-order chi connectivity index (χ1) is 23.2. The summed E-state index contributed by atoms with van der Waals surface area (Å²) in [6.07, 6.45) is -17.9. The molecule has 3 fully saturated rings. The van der Waals surface area contributed by atoms with Gasteiger partial charge in [-0.3, -0.25) is 0 Å². The lowest BCUT2D eigenvalue weighted by atomic mass is 9.96. The third-order valence-corrected chi connectivity index (χ3v) is 7.29. The first-order valence-electron chi connectivity index (χ1n) is 16.9. The van der Waals surface area contributed by atoms with Crippen LogP contribution in [0.5, 0.6) is 0 Å². The zero-order valence-electron chi connectivity index (χ0n) is 31.5. The lowest BCUT2D eigenvalue weighted by Crippen LogP contribution is -2.67. The van der Waals surface area contributed by atoms with Crippen LogP contribution in [0, 0.1) is 0 Å². The average molecular weight is 709 g/mol. The SMILES string of the molecule is CC.CC.CC.CC.COCC1OC(OC2C(COC)OC(OC3C(COC)OC(O)C(OC)C3O)C(OC)C2O)C(OC)C(O)C1O.